The summed E-state index contributed by atoms with van der Waals surface area (Å²) in [5.74, 6) is 0.340. The molecule has 1 amide bonds. The highest BCUT2D eigenvalue weighted by atomic mass is 19.4. The third kappa shape index (κ3) is 8.15. The van der Waals surface area contributed by atoms with E-state index in [1.54, 1.807) is 25.2 Å². The van der Waals surface area contributed by atoms with Crippen molar-refractivity contribution >= 4 is 5.91 Å². The second kappa shape index (κ2) is 10.5. The lowest BCUT2D eigenvalue weighted by atomic mass is 10.0. The summed E-state index contributed by atoms with van der Waals surface area (Å²) < 4.78 is 83.2. The molecule has 31 heavy (non-hydrogen) atoms. The Kier molecular flexibility index (Phi) is 8.36. The van der Waals surface area contributed by atoms with Crippen molar-refractivity contribution in [1.82, 2.24) is 5.32 Å². The Labute approximate surface area is 176 Å². The van der Waals surface area contributed by atoms with E-state index < -0.39 is 30.1 Å². The van der Waals surface area contributed by atoms with E-state index in [1.807, 2.05) is 6.07 Å². The zero-order valence-corrected chi connectivity index (χ0v) is 16.9. The number of benzene rings is 2. The Hall–Kier alpha value is -2.71. The van der Waals surface area contributed by atoms with E-state index in [1.165, 1.54) is 0 Å². The summed E-state index contributed by atoms with van der Waals surface area (Å²) in [7, 11) is 1.58. The van der Waals surface area contributed by atoms with Gasteiger partial charge in [-0.2, -0.15) is 26.3 Å². The first-order valence-corrected chi connectivity index (χ1v) is 9.69. The molecular weight excluding hydrogens is 424 g/mol. The second-order valence-electron chi connectivity index (χ2n) is 7.08. The van der Waals surface area contributed by atoms with Gasteiger partial charge in [0.1, 0.15) is 12.4 Å². The van der Waals surface area contributed by atoms with E-state index in [2.05, 4.69) is 5.32 Å². The maximum Gasteiger partial charge on any atom is 0.416 e. The maximum absolute atomic E-state index is 13.0. The Balaban J connectivity index is 2.00. The molecule has 170 valence electrons. The number of hydrogen-bond acceptors (Lipinski definition) is 2. The first kappa shape index (κ1) is 24.6. The van der Waals surface area contributed by atoms with Gasteiger partial charge in [0.25, 0.3) is 0 Å². The first-order chi connectivity index (χ1) is 14.5. The SMILES string of the molecule is CNC(=O)CCCCCc1cccc(OCc2cc(C(F)(F)F)cc(C(F)(F)F)c2)c1. The molecular formula is C22H23F6NO2. The molecule has 3 nitrogen and oxygen atoms in total. The minimum Gasteiger partial charge on any atom is -0.489 e. The third-order valence-electron chi connectivity index (χ3n) is 4.60. The summed E-state index contributed by atoms with van der Waals surface area (Å²) in [6, 6.07) is 8.27. The van der Waals surface area contributed by atoms with Crippen LogP contribution in [-0.4, -0.2) is 13.0 Å². The number of amides is 1. The zero-order chi connectivity index (χ0) is 23.1. The molecule has 0 radical (unpaired) electrons. The van der Waals surface area contributed by atoms with Crippen molar-refractivity contribution in [1.29, 1.82) is 0 Å². The summed E-state index contributed by atoms with van der Waals surface area (Å²) in [6.45, 7) is -0.428. The number of rotatable bonds is 9. The number of ether oxygens (including phenoxy) is 1. The fourth-order valence-corrected chi connectivity index (χ4v) is 2.98. The van der Waals surface area contributed by atoms with Gasteiger partial charge >= 0.3 is 12.4 Å². The fourth-order valence-electron chi connectivity index (χ4n) is 2.98. The number of unbranched alkanes of at least 4 members (excludes halogenated alkanes) is 2. The molecule has 2 aromatic rings. The van der Waals surface area contributed by atoms with Crippen LogP contribution in [0.2, 0.25) is 0 Å². The highest BCUT2D eigenvalue weighted by Crippen LogP contribution is 2.36. The van der Waals surface area contributed by atoms with Crippen molar-refractivity contribution in [3.63, 3.8) is 0 Å². The molecule has 0 atom stereocenters. The number of nitrogens with one attached hydrogen (secondary N) is 1. The molecule has 0 saturated heterocycles. The molecule has 1 N–H and O–H groups in total. The predicted molar refractivity (Wildman–Crippen MR) is 103 cm³/mol. The van der Waals surface area contributed by atoms with Gasteiger partial charge < -0.3 is 10.1 Å². The van der Waals surface area contributed by atoms with Gasteiger partial charge in [-0.05, 0) is 60.7 Å². The number of carbonyl (C=O) groups is 1. The van der Waals surface area contributed by atoms with E-state index in [9.17, 15) is 31.1 Å². The number of carbonyl (C=O) groups excluding carboxylic acids is 1. The van der Waals surface area contributed by atoms with Gasteiger partial charge in [-0.15, -0.1) is 0 Å². The minimum absolute atomic E-state index is 0.0151. The van der Waals surface area contributed by atoms with E-state index in [-0.39, 0.29) is 17.5 Å². The van der Waals surface area contributed by atoms with Crippen LogP contribution in [0.1, 0.15) is 47.9 Å². The molecule has 0 heterocycles. The minimum atomic E-state index is -4.90. The molecule has 0 saturated carbocycles. The van der Waals surface area contributed by atoms with Gasteiger partial charge in [0.05, 0.1) is 11.1 Å². The average molecular weight is 447 g/mol. The molecule has 0 aliphatic heterocycles. The number of alkyl halides is 6. The number of aryl methyl sites for hydroxylation is 1. The van der Waals surface area contributed by atoms with E-state index in [4.69, 9.17) is 4.74 Å². The van der Waals surface area contributed by atoms with Crippen LogP contribution >= 0.6 is 0 Å². The topological polar surface area (TPSA) is 38.3 Å². The summed E-state index contributed by atoms with van der Waals surface area (Å²) >= 11 is 0. The lowest BCUT2D eigenvalue weighted by molar-refractivity contribution is -0.143. The van der Waals surface area contributed by atoms with Gasteiger partial charge in [0.15, 0.2) is 0 Å². The van der Waals surface area contributed by atoms with Crippen molar-refractivity contribution < 1.29 is 35.9 Å². The van der Waals surface area contributed by atoms with Crippen molar-refractivity contribution in [3.05, 3.63) is 64.7 Å². The smallest absolute Gasteiger partial charge is 0.416 e. The van der Waals surface area contributed by atoms with Gasteiger partial charge in [-0.3, -0.25) is 4.79 Å². The Morgan fingerprint density at radius 1 is 0.871 bits per heavy atom. The second-order valence-corrected chi connectivity index (χ2v) is 7.08. The van der Waals surface area contributed by atoms with Crippen LogP contribution in [0.5, 0.6) is 5.75 Å². The lowest BCUT2D eigenvalue weighted by Crippen LogP contribution is -2.16. The van der Waals surface area contributed by atoms with Crippen LogP contribution in [0.4, 0.5) is 26.3 Å². The molecule has 0 aromatic heterocycles. The van der Waals surface area contributed by atoms with Gasteiger partial charge in [0.2, 0.25) is 5.91 Å². The fraction of sp³-hybridized carbons (Fsp3) is 0.409. The molecule has 9 heteroatoms. The zero-order valence-electron chi connectivity index (χ0n) is 16.9. The van der Waals surface area contributed by atoms with E-state index in [0.717, 1.165) is 24.8 Å². The van der Waals surface area contributed by atoms with Crippen LogP contribution in [0.3, 0.4) is 0 Å². The van der Waals surface area contributed by atoms with Crippen molar-refractivity contribution in [2.45, 2.75) is 51.1 Å². The normalized spacial score (nSPS) is 12.0. The molecule has 0 spiro atoms. The Morgan fingerprint density at radius 2 is 1.52 bits per heavy atom. The van der Waals surface area contributed by atoms with E-state index >= 15 is 0 Å². The molecule has 0 aliphatic rings. The van der Waals surface area contributed by atoms with Crippen molar-refractivity contribution in [2.24, 2.45) is 0 Å². The van der Waals surface area contributed by atoms with Crippen LogP contribution in [0, 0.1) is 0 Å². The number of halogens is 6. The van der Waals surface area contributed by atoms with Crippen LogP contribution < -0.4 is 10.1 Å². The highest BCUT2D eigenvalue weighted by molar-refractivity contribution is 5.75. The Bertz CT molecular complexity index is 845. The summed E-state index contributed by atoms with van der Waals surface area (Å²) in [5, 5.41) is 2.55. The monoisotopic (exact) mass is 447 g/mol. The van der Waals surface area contributed by atoms with Crippen LogP contribution in [0.25, 0.3) is 0 Å². The van der Waals surface area contributed by atoms with Gasteiger partial charge in [-0.25, -0.2) is 0 Å². The van der Waals surface area contributed by atoms with Crippen molar-refractivity contribution in [3.8, 4) is 5.75 Å². The standard InChI is InChI=1S/C22H23F6NO2/c1-29-20(30)9-4-2-3-6-15-7-5-8-19(12-15)31-14-16-10-17(21(23,24)25)13-18(11-16)22(26,27)28/h5,7-8,10-13H,2-4,6,9,14H2,1H3,(H,29,30). The molecule has 2 aromatic carbocycles. The van der Waals surface area contributed by atoms with Crippen LogP contribution in [0.15, 0.2) is 42.5 Å². The van der Waals surface area contributed by atoms with Crippen LogP contribution in [-0.2, 0) is 30.2 Å². The maximum atomic E-state index is 13.0. The summed E-state index contributed by atoms with van der Waals surface area (Å²) in [6.07, 6.45) is -6.18. The van der Waals surface area contributed by atoms with Gasteiger partial charge in [-0.1, -0.05) is 18.6 Å². The van der Waals surface area contributed by atoms with E-state index in [0.29, 0.717) is 30.7 Å². The molecule has 0 fully saturated rings. The molecule has 0 unspecified atom stereocenters. The van der Waals surface area contributed by atoms with Crippen molar-refractivity contribution in [2.75, 3.05) is 7.05 Å². The number of hydrogen-bond donors (Lipinski definition) is 1. The molecule has 2 rings (SSSR count). The Morgan fingerprint density at radius 3 is 2.10 bits per heavy atom. The van der Waals surface area contributed by atoms with Gasteiger partial charge in [0, 0.05) is 13.5 Å². The average Bonchev–Trinajstić information content (AvgIpc) is 2.70. The molecule has 0 bridgehead atoms. The lowest BCUT2D eigenvalue weighted by Gasteiger charge is -2.15. The first-order valence-electron chi connectivity index (χ1n) is 9.69. The summed E-state index contributed by atoms with van der Waals surface area (Å²) in [5.41, 5.74) is -2.03. The third-order valence-corrected chi connectivity index (χ3v) is 4.60. The highest BCUT2D eigenvalue weighted by Gasteiger charge is 2.36. The molecule has 0 aliphatic carbocycles. The predicted octanol–water partition coefficient (Wildman–Crippen LogP) is 6.15. The summed E-state index contributed by atoms with van der Waals surface area (Å²) in [4.78, 5) is 11.2. The largest absolute Gasteiger partial charge is 0.489 e. The quantitative estimate of drug-likeness (QED) is 0.370.